The Kier molecular flexibility index (Phi) is 6.59. The molecule has 0 fully saturated rings. The number of rotatable bonds is 7. The Labute approximate surface area is 180 Å². The summed E-state index contributed by atoms with van der Waals surface area (Å²) < 4.78 is 12.3. The Hall–Kier alpha value is -3.40. The summed E-state index contributed by atoms with van der Waals surface area (Å²) in [6.45, 7) is 5.52. The van der Waals surface area contributed by atoms with Gasteiger partial charge in [-0.05, 0) is 32.4 Å². The lowest BCUT2D eigenvalue weighted by Crippen LogP contribution is -2.47. The van der Waals surface area contributed by atoms with Crippen LogP contribution in [0.5, 0.6) is 0 Å². The fraction of sp³-hybridized carbons (Fsp3) is 0.429. The molecule has 0 unspecified atom stereocenters. The summed E-state index contributed by atoms with van der Waals surface area (Å²) in [5.74, 6) is 0.122. The van der Waals surface area contributed by atoms with E-state index < -0.39 is 23.6 Å². The van der Waals surface area contributed by atoms with E-state index in [4.69, 9.17) is 9.47 Å². The minimum atomic E-state index is -0.898. The van der Waals surface area contributed by atoms with Crippen LogP contribution < -0.4 is 10.6 Å². The number of carbonyl (C=O) groups excluding carboxylic acids is 2. The van der Waals surface area contributed by atoms with Crippen LogP contribution in [0.15, 0.2) is 30.5 Å². The molecule has 166 valence electrons. The number of aromatic amines is 1. The molecule has 2 heterocycles. The molecule has 0 aliphatic rings. The van der Waals surface area contributed by atoms with Crippen molar-refractivity contribution in [1.82, 2.24) is 25.1 Å². The molecule has 0 aliphatic carbocycles. The van der Waals surface area contributed by atoms with Gasteiger partial charge >= 0.3 is 6.09 Å². The highest BCUT2D eigenvalue weighted by Gasteiger charge is 2.26. The topological polar surface area (TPSA) is 123 Å². The predicted octanol–water partition coefficient (Wildman–Crippen LogP) is 2.52. The van der Waals surface area contributed by atoms with Gasteiger partial charge in [-0.15, -0.1) is 5.10 Å². The van der Waals surface area contributed by atoms with Crippen molar-refractivity contribution in [3.63, 3.8) is 0 Å². The van der Waals surface area contributed by atoms with Gasteiger partial charge in [0.1, 0.15) is 18.2 Å². The summed E-state index contributed by atoms with van der Waals surface area (Å²) in [7, 11) is 3.47. The van der Waals surface area contributed by atoms with Gasteiger partial charge in [-0.3, -0.25) is 15.2 Å². The number of nitrogens with zero attached hydrogens (tertiary/aromatic N) is 3. The highest BCUT2D eigenvalue weighted by Crippen LogP contribution is 2.22. The smallest absolute Gasteiger partial charge is 0.408 e. The van der Waals surface area contributed by atoms with Crippen LogP contribution in [0.2, 0.25) is 0 Å². The first kappa shape index (κ1) is 22.3. The number of aromatic nitrogens is 4. The maximum absolute atomic E-state index is 13.0. The van der Waals surface area contributed by atoms with Gasteiger partial charge in [-0.2, -0.15) is 4.98 Å². The Morgan fingerprint density at radius 2 is 2.00 bits per heavy atom. The maximum Gasteiger partial charge on any atom is 0.408 e. The number of nitrogens with one attached hydrogen (secondary N) is 3. The Morgan fingerprint density at radius 1 is 1.26 bits per heavy atom. The van der Waals surface area contributed by atoms with Gasteiger partial charge < -0.3 is 19.4 Å². The molecule has 1 atom stereocenters. The van der Waals surface area contributed by atoms with Crippen LogP contribution >= 0.6 is 0 Å². The zero-order valence-corrected chi connectivity index (χ0v) is 18.4. The molecule has 1 aromatic carbocycles. The third-order valence-electron chi connectivity index (χ3n) is 4.46. The van der Waals surface area contributed by atoms with Crippen LogP contribution in [0.3, 0.4) is 0 Å². The second kappa shape index (κ2) is 9.17. The van der Waals surface area contributed by atoms with Gasteiger partial charge in [0.2, 0.25) is 11.9 Å². The van der Waals surface area contributed by atoms with Gasteiger partial charge in [-0.1, -0.05) is 18.2 Å². The van der Waals surface area contributed by atoms with Crippen LogP contribution in [0, 0.1) is 0 Å². The molecular formula is C21H28N6O4. The molecule has 31 heavy (non-hydrogen) atoms. The van der Waals surface area contributed by atoms with Crippen molar-refractivity contribution in [3.05, 3.63) is 41.9 Å². The number of carbonyl (C=O) groups is 2. The number of ether oxygens (including phenoxy) is 2. The molecule has 2 amide bonds. The first-order valence-electron chi connectivity index (χ1n) is 9.90. The van der Waals surface area contributed by atoms with Crippen molar-refractivity contribution in [1.29, 1.82) is 0 Å². The number of fused-ring (bicyclic) bond motifs is 1. The number of anilines is 1. The molecule has 0 radical (unpaired) electrons. The zero-order valence-electron chi connectivity index (χ0n) is 18.4. The second-order valence-corrected chi connectivity index (χ2v) is 8.21. The third kappa shape index (κ3) is 5.82. The molecule has 3 aromatic rings. The highest BCUT2D eigenvalue weighted by atomic mass is 16.6. The summed E-state index contributed by atoms with van der Waals surface area (Å²) in [6, 6.07) is 6.98. The molecule has 10 nitrogen and oxygen atoms in total. The Morgan fingerprint density at radius 3 is 2.71 bits per heavy atom. The molecule has 0 spiro atoms. The van der Waals surface area contributed by atoms with E-state index >= 15 is 0 Å². The summed E-state index contributed by atoms with van der Waals surface area (Å²) in [4.78, 5) is 29.6. The maximum atomic E-state index is 13.0. The fourth-order valence-corrected chi connectivity index (χ4v) is 3.22. The molecule has 10 heteroatoms. The van der Waals surface area contributed by atoms with E-state index in [2.05, 4.69) is 25.8 Å². The SMILES string of the molecule is COCc1nc(NC(=O)[C@@H](Cc2cn(C)c3ccccc23)NC(=O)OC(C)(C)C)n[nH]1. The van der Waals surface area contributed by atoms with E-state index in [1.54, 1.807) is 20.8 Å². The van der Waals surface area contributed by atoms with Crippen LogP contribution in [-0.2, 0) is 34.3 Å². The standard InChI is InChI=1S/C21H28N6O4/c1-21(2,3)31-20(29)22-15(18(28)24-19-23-17(12-30-5)25-26-19)10-13-11-27(4)16-9-7-6-8-14(13)16/h6-9,11,15H,10,12H2,1-5H3,(H,22,29)(H2,23,24,25,26,28)/t15-/m1/s1. The van der Waals surface area contributed by atoms with E-state index in [-0.39, 0.29) is 19.0 Å². The van der Waals surface area contributed by atoms with E-state index in [0.717, 1.165) is 16.5 Å². The summed E-state index contributed by atoms with van der Waals surface area (Å²) >= 11 is 0. The number of alkyl carbamates (subject to hydrolysis) is 1. The largest absolute Gasteiger partial charge is 0.444 e. The van der Waals surface area contributed by atoms with Crippen molar-refractivity contribution in [2.75, 3.05) is 12.4 Å². The summed E-state index contributed by atoms with van der Waals surface area (Å²) in [5, 5.41) is 13.0. The lowest BCUT2D eigenvalue weighted by atomic mass is 10.0. The van der Waals surface area contributed by atoms with E-state index in [0.29, 0.717) is 5.82 Å². The van der Waals surface area contributed by atoms with Gasteiger partial charge in [0.15, 0.2) is 5.82 Å². The fourth-order valence-electron chi connectivity index (χ4n) is 3.22. The summed E-state index contributed by atoms with van der Waals surface area (Å²) in [5.41, 5.74) is 1.26. The quantitative estimate of drug-likeness (QED) is 0.531. The van der Waals surface area contributed by atoms with E-state index in [1.807, 2.05) is 42.1 Å². The molecule has 0 saturated heterocycles. The number of para-hydroxylation sites is 1. The Balaban J connectivity index is 1.82. The zero-order chi connectivity index (χ0) is 22.6. The second-order valence-electron chi connectivity index (χ2n) is 8.21. The number of methoxy groups -OCH3 is 1. The average molecular weight is 428 g/mol. The first-order valence-corrected chi connectivity index (χ1v) is 9.90. The number of amides is 2. The van der Waals surface area contributed by atoms with Crippen molar-refractivity contribution in [2.45, 2.75) is 45.4 Å². The molecule has 2 aromatic heterocycles. The van der Waals surface area contributed by atoms with Crippen LogP contribution in [0.1, 0.15) is 32.2 Å². The minimum absolute atomic E-state index is 0.103. The molecule has 0 saturated carbocycles. The van der Waals surface area contributed by atoms with Crippen LogP contribution in [-0.4, -0.2) is 50.5 Å². The van der Waals surface area contributed by atoms with Crippen LogP contribution in [0.4, 0.5) is 10.7 Å². The van der Waals surface area contributed by atoms with Crippen molar-refractivity contribution in [2.24, 2.45) is 7.05 Å². The van der Waals surface area contributed by atoms with Gasteiger partial charge in [0.05, 0.1) is 0 Å². The van der Waals surface area contributed by atoms with E-state index in [1.165, 1.54) is 7.11 Å². The lowest BCUT2D eigenvalue weighted by molar-refractivity contribution is -0.118. The predicted molar refractivity (Wildman–Crippen MR) is 116 cm³/mol. The van der Waals surface area contributed by atoms with Crippen molar-refractivity contribution in [3.8, 4) is 0 Å². The first-order chi connectivity index (χ1) is 14.7. The Bertz CT molecular complexity index is 1070. The minimum Gasteiger partial charge on any atom is -0.444 e. The number of H-pyrrole nitrogens is 1. The molecule has 3 N–H and O–H groups in total. The van der Waals surface area contributed by atoms with Crippen molar-refractivity contribution >= 4 is 28.9 Å². The molecule has 0 aliphatic heterocycles. The van der Waals surface area contributed by atoms with Gasteiger partial charge in [-0.25, -0.2) is 4.79 Å². The molecular weight excluding hydrogens is 400 g/mol. The summed E-state index contributed by atoms with van der Waals surface area (Å²) in [6.07, 6.45) is 1.54. The van der Waals surface area contributed by atoms with Crippen molar-refractivity contribution < 1.29 is 19.1 Å². The van der Waals surface area contributed by atoms with Gasteiger partial charge in [0.25, 0.3) is 0 Å². The molecule has 3 rings (SSSR count). The number of hydrogen-bond acceptors (Lipinski definition) is 6. The number of aryl methyl sites for hydroxylation is 1. The van der Waals surface area contributed by atoms with Crippen LogP contribution in [0.25, 0.3) is 10.9 Å². The van der Waals surface area contributed by atoms with Gasteiger partial charge in [0, 0.05) is 37.7 Å². The number of hydrogen-bond donors (Lipinski definition) is 3. The lowest BCUT2D eigenvalue weighted by Gasteiger charge is -2.23. The average Bonchev–Trinajstić information content (AvgIpc) is 3.25. The normalized spacial score (nSPS) is 12.5. The third-order valence-corrected chi connectivity index (χ3v) is 4.46. The monoisotopic (exact) mass is 428 g/mol. The highest BCUT2D eigenvalue weighted by molar-refractivity contribution is 5.96. The number of benzene rings is 1. The van der Waals surface area contributed by atoms with E-state index in [9.17, 15) is 9.59 Å². The molecule has 0 bridgehead atoms.